The Morgan fingerprint density at radius 1 is 1.35 bits per heavy atom. The molecule has 2 aromatic rings. The third-order valence-electron chi connectivity index (χ3n) is 4.56. The maximum Gasteiger partial charge on any atom is 0.167 e. The van der Waals surface area contributed by atoms with Crippen LogP contribution >= 0.6 is 23.8 Å². The summed E-state index contributed by atoms with van der Waals surface area (Å²) in [6.45, 7) is 5.66. The molecule has 0 unspecified atom stereocenters. The van der Waals surface area contributed by atoms with Crippen LogP contribution in [0.5, 0.6) is 0 Å². The van der Waals surface area contributed by atoms with Crippen molar-refractivity contribution < 1.29 is 9.64 Å². The van der Waals surface area contributed by atoms with Gasteiger partial charge in [-0.05, 0) is 29.9 Å². The Hall–Kier alpha value is -1.67. The molecule has 0 amide bonds. The number of hydrogen-bond acceptors (Lipinski definition) is 3. The van der Waals surface area contributed by atoms with Crippen molar-refractivity contribution in [2.24, 2.45) is 7.05 Å². The van der Waals surface area contributed by atoms with E-state index < -0.39 is 0 Å². The summed E-state index contributed by atoms with van der Waals surface area (Å²) in [5.41, 5.74) is 1.06. The monoisotopic (exact) mass is 394 g/mol. The lowest BCUT2D eigenvalue weighted by Gasteiger charge is -2.25. The number of thiocarbonyl (C=S) groups is 1. The molecule has 1 saturated heterocycles. The molecule has 1 aliphatic heterocycles. The van der Waals surface area contributed by atoms with Crippen LogP contribution in [-0.2, 0) is 11.8 Å². The molecule has 6 nitrogen and oxygen atoms in total. The molecular formula is C18H25ClN5OS+. The molecule has 1 aromatic carbocycles. The van der Waals surface area contributed by atoms with Gasteiger partial charge in [-0.15, -0.1) is 0 Å². The van der Waals surface area contributed by atoms with E-state index in [-0.39, 0.29) is 6.04 Å². The molecule has 1 fully saturated rings. The van der Waals surface area contributed by atoms with Gasteiger partial charge in [0.05, 0.1) is 26.3 Å². The summed E-state index contributed by atoms with van der Waals surface area (Å²) in [5.74, 6) is 0.898. The second kappa shape index (κ2) is 9.32. The van der Waals surface area contributed by atoms with Crippen LogP contribution in [-0.4, -0.2) is 54.1 Å². The van der Waals surface area contributed by atoms with Gasteiger partial charge in [0.15, 0.2) is 5.11 Å². The van der Waals surface area contributed by atoms with Gasteiger partial charge in [-0.25, -0.2) is 4.98 Å². The Morgan fingerprint density at radius 3 is 2.73 bits per heavy atom. The van der Waals surface area contributed by atoms with Crippen LogP contribution in [0.15, 0.2) is 36.7 Å². The highest BCUT2D eigenvalue weighted by atomic mass is 35.5. The average Bonchev–Trinajstić information content (AvgIpc) is 3.07. The first-order valence-corrected chi connectivity index (χ1v) is 9.60. The first-order chi connectivity index (χ1) is 12.6. The molecule has 2 heterocycles. The molecule has 3 N–H and O–H groups in total. The molecule has 140 valence electrons. The summed E-state index contributed by atoms with van der Waals surface area (Å²) < 4.78 is 7.38. The minimum absolute atomic E-state index is 0.136. The number of nitrogens with one attached hydrogen (secondary N) is 3. The predicted octanol–water partition coefficient (Wildman–Crippen LogP) is 0.542. The fourth-order valence-corrected chi connectivity index (χ4v) is 3.40. The summed E-state index contributed by atoms with van der Waals surface area (Å²) in [4.78, 5) is 6.03. The standard InChI is InChI=1S/C18H24ClN5OS/c1-23-8-6-20-17(23)16(14-2-4-15(19)5-3-14)22-18(26)21-7-9-24-10-12-25-13-11-24/h2-6,8,16H,7,9-13H2,1H3,(H2,21,22,26)/p+1/t16-/m1/s1. The van der Waals surface area contributed by atoms with Crippen molar-refractivity contribution in [2.45, 2.75) is 6.04 Å². The largest absolute Gasteiger partial charge is 0.370 e. The van der Waals surface area contributed by atoms with E-state index in [0.29, 0.717) is 10.1 Å². The molecule has 0 aliphatic carbocycles. The number of ether oxygens (including phenoxy) is 1. The van der Waals surface area contributed by atoms with Crippen molar-refractivity contribution >= 4 is 28.9 Å². The summed E-state index contributed by atoms with van der Waals surface area (Å²) in [6.07, 6.45) is 3.72. The van der Waals surface area contributed by atoms with Crippen molar-refractivity contribution in [1.29, 1.82) is 0 Å². The van der Waals surface area contributed by atoms with E-state index in [4.69, 9.17) is 28.6 Å². The van der Waals surface area contributed by atoms with E-state index in [2.05, 4.69) is 15.6 Å². The number of quaternary nitrogens is 1. The molecule has 0 radical (unpaired) electrons. The van der Waals surface area contributed by atoms with Gasteiger partial charge in [-0.1, -0.05) is 23.7 Å². The van der Waals surface area contributed by atoms with Crippen molar-refractivity contribution in [2.75, 3.05) is 39.4 Å². The molecule has 1 aliphatic rings. The van der Waals surface area contributed by atoms with Gasteiger partial charge in [0.1, 0.15) is 25.0 Å². The number of imidazole rings is 1. The second-order valence-corrected chi connectivity index (χ2v) is 7.24. The van der Waals surface area contributed by atoms with Gasteiger partial charge in [0.2, 0.25) is 0 Å². The van der Waals surface area contributed by atoms with Crippen LogP contribution in [0, 0.1) is 0 Å². The molecular weight excluding hydrogens is 370 g/mol. The molecule has 0 bridgehead atoms. The van der Waals surface area contributed by atoms with Crippen LogP contribution in [0.1, 0.15) is 17.4 Å². The normalized spacial score (nSPS) is 16.2. The topological polar surface area (TPSA) is 55.5 Å². The molecule has 3 rings (SSSR count). The zero-order valence-corrected chi connectivity index (χ0v) is 16.4. The first kappa shape index (κ1) is 19.1. The van der Waals surface area contributed by atoms with Crippen LogP contribution in [0.4, 0.5) is 0 Å². The van der Waals surface area contributed by atoms with E-state index >= 15 is 0 Å². The van der Waals surface area contributed by atoms with Crippen LogP contribution in [0.25, 0.3) is 0 Å². The van der Waals surface area contributed by atoms with Crippen molar-refractivity contribution in [3.8, 4) is 0 Å². The highest BCUT2D eigenvalue weighted by Crippen LogP contribution is 2.22. The zero-order chi connectivity index (χ0) is 18.4. The van der Waals surface area contributed by atoms with Gasteiger partial charge >= 0.3 is 0 Å². The Balaban J connectivity index is 1.61. The van der Waals surface area contributed by atoms with Crippen molar-refractivity contribution in [3.63, 3.8) is 0 Å². The quantitative estimate of drug-likeness (QED) is 0.624. The molecule has 0 spiro atoms. The number of benzene rings is 1. The number of hydrogen-bond donors (Lipinski definition) is 3. The average molecular weight is 395 g/mol. The highest BCUT2D eigenvalue weighted by molar-refractivity contribution is 7.80. The smallest absolute Gasteiger partial charge is 0.167 e. The summed E-state index contributed by atoms with van der Waals surface area (Å²) in [6, 6.07) is 7.62. The Bertz CT molecular complexity index is 715. The Labute approximate surface area is 164 Å². The second-order valence-electron chi connectivity index (χ2n) is 6.39. The van der Waals surface area contributed by atoms with E-state index in [0.717, 1.165) is 50.8 Å². The SMILES string of the molecule is Cn1ccnc1[C@H](NC(=S)NCC[NH+]1CCOCC1)c1ccc(Cl)cc1. The van der Waals surface area contributed by atoms with E-state index in [1.165, 1.54) is 0 Å². The van der Waals surface area contributed by atoms with Gasteiger partial charge in [-0.3, -0.25) is 0 Å². The number of halogens is 1. The molecule has 1 aromatic heterocycles. The van der Waals surface area contributed by atoms with Gasteiger partial charge in [0.25, 0.3) is 0 Å². The van der Waals surface area contributed by atoms with Gasteiger partial charge in [0, 0.05) is 24.5 Å². The van der Waals surface area contributed by atoms with Crippen LogP contribution < -0.4 is 15.5 Å². The Morgan fingerprint density at radius 2 is 2.08 bits per heavy atom. The van der Waals surface area contributed by atoms with E-state index in [9.17, 15) is 0 Å². The predicted molar refractivity (Wildman–Crippen MR) is 107 cm³/mol. The van der Waals surface area contributed by atoms with E-state index in [1.54, 1.807) is 11.1 Å². The van der Waals surface area contributed by atoms with Crippen LogP contribution in [0.2, 0.25) is 5.02 Å². The molecule has 1 atom stereocenters. The third-order valence-corrected chi connectivity index (χ3v) is 5.07. The summed E-state index contributed by atoms with van der Waals surface area (Å²) >= 11 is 11.6. The summed E-state index contributed by atoms with van der Waals surface area (Å²) in [5, 5.41) is 8.05. The number of morpholine rings is 1. The number of aromatic nitrogens is 2. The zero-order valence-electron chi connectivity index (χ0n) is 14.9. The lowest BCUT2D eigenvalue weighted by Crippen LogP contribution is -3.14. The van der Waals surface area contributed by atoms with Crippen LogP contribution in [0.3, 0.4) is 0 Å². The first-order valence-electron chi connectivity index (χ1n) is 8.82. The van der Waals surface area contributed by atoms with Gasteiger partial charge < -0.3 is 24.8 Å². The summed E-state index contributed by atoms with van der Waals surface area (Å²) in [7, 11) is 1.98. The lowest BCUT2D eigenvalue weighted by molar-refractivity contribution is -0.906. The molecule has 8 heteroatoms. The Kier molecular flexibility index (Phi) is 6.85. The molecule has 0 saturated carbocycles. The van der Waals surface area contributed by atoms with Crippen molar-refractivity contribution in [1.82, 2.24) is 20.2 Å². The van der Waals surface area contributed by atoms with E-state index in [1.807, 2.05) is 42.1 Å². The fourth-order valence-electron chi connectivity index (χ4n) is 3.05. The number of nitrogens with zero attached hydrogens (tertiary/aromatic N) is 2. The fraction of sp³-hybridized carbons (Fsp3) is 0.444. The molecule has 26 heavy (non-hydrogen) atoms. The highest BCUT2D eigenvalue weighted by Gasteiger charge is 2.20. The maximum absolute atomic E-state index is 6.03. The van der Waals surface area contributed by atoms with Crippen molar-refractivity contribution in [3.05, 3.63) is 53.1 Å². The maximum atomic E-state index is 6.03. The minimum atomic E-state index is -0.136. The number of rotatable bonds is 6. The lowest BCUT2D eigenvalue weighted by atomic mass is 10.1. The van der Waals surface area contributed by atoms with Gasteiger partial charge in [-0.2, -0.15) is 0 Å². The number of aryl methyl sites for hydroxylation is 1. The third kappa shape index (κ3) is 5.17. The minimum Gasteiger partial charge on any atom is -0.370 e.